The summed E-state index contributed by atoms with van der Waals surface area (Å²) in [6, 6.07) is 19.0. The SMILES string of the molecule is ClCC(OP1N(c2ccccc2)CC2CCCN21)c1ccc(Cl)cc1. The Morgan fingerprint density at radius 2 is 1.88 bits per heavy atom. The van der Waals surface area contributed by atoms with Crippen molar-refractivity contribution in [1.29, 1.82) is 0 Å². The van der Waals surface area contributed by atoms with Gasteiger partial charge in [-0.05, 0) is 42.7 Å². The second kappa shape index (κ2) is 7.82. The van der Waals surface area contributed by atoms with Gasteiger partial charge in [0.05, 0.1) is 5.88 Å². The largest absolute Gasteiger partial charge is 0.318 e. The zero-order valence-electron chi connectivity index (χ0n) is 13.9. The van der Waals surface area contributed by atoms with Crippen molar-refractivity contribution in [2.24, 2.45) is 0 Å². The third-order valence-electron chi connectivity index (χ3n) is 4.81. The van der Waals surface area contributed by atoms with Gasteiger partial charge in [0, 0.05) is 29.8 Å². The molecular formula is C19H21Cl2N2OP. The molecule has 0 aromatic heterocycles. The van der Waals surface area contributed by atoms with Gasteiger partial charge < -0.3 is 9.19 Å². The maximum atomic E-state index is 6.61. The predicted octanol–water partition coefficient (Wildman–Crippen LogP) is 5.85. The van der Waals surface area contributed by atoms with Crippen LogP contribution in [-0.4, -0.2) is 29.7 Å². The zero-order valence-corrected chi connectivity index (χ0v) is 16.3. The number of hydrogen-bond acceptors (Lipinski definition) is 3. The van der Waals surface area contributed by atoms with Crippen molar-refractivity contribution in [2.75, 3.05) is 23.6 Å². The Balaban J connectivity index is 1.59. The molecule has 2 aliphatic heterocycles. The van der Waals surface area contributed by atoms with E-state index in [1.165, 1.54) is 18.5 Å². The molecule has 2 fully saturated rings. The number of hydrogen-bond donors (Lipinski definition) is 0. The van der Waals surface area contributed by atoms with Crippen LogP contribution in [0.15, 0.2) is 54.6 Å². The van der Waals surface area contributed by atoms with E-state index in [0.717, 1.165) is 23.7 Å². The molecule has 0 N–H and O–H groups in total. The fourth-order valence-electron chi connectivity index (χ4n) is 3.53. The first-order chi connectivity index (χ1) is 12.3. The maximum Gasteiger partial charge on any atom is 0.219 e. The molecule has 25 heavy (non-hydrogen) atoms. The lowest BCUT2D eigenvalue weighted by molar-refractivity contribution is 0.236. The standard InChI is InChI=1S/C19H21Cl2N2OP/c20-13-19(15-8-10-16(21)11-9-15)24-25-22-12-4-7-18(22)14-23(25)17-5-2-1-3-6-17/h1-3,5-6,8-11,18-19H,4,7,12-14H2. The molecule has 3 nitrogen and oxygen atoms in total. The van der Waals surface area contributed by atoms with Crippen molar-refractivity contribution in [3.05, 3.63) is 65.2 Å². The lowest BCUT2D eigenvalue weighted by Gasteiger charge is -2.32. The quantitative estimate of drug-likeness (QED) is 0.467. The second-order valence-corrected chi connectivity index (χ2v) is 8.89. The number of rotatable bonds is 5. The molecule has 0 aliphatic carbocycles. The van der Waals surface area contributed by atoms with E-state index in [0.29, 0.717) is 11.9 Å². The Labute approximate surface area is 160 Å². The topological polar surface area (TPSA) is 15.7 Å². The molecule has 132 valence electrons. The summed E-state index contributed by atoms with van der Waals surface area (Å²) in [5.74, 6) is 0.432. The van der Waals surface area contributed by atoms with Gasteiger partial charge in [-0.15, -0.1) is 11.6 Å². The smallest absolute Gasteiger partial charge is 0.219 e. The van der Waals surface area contributed by atoms with Crippen molar-refractivity contribution in [1.82, 2.24) is 4.67 Å². The number of anilines is 1. The summed E-state index contributed by atoms with van der Waals surface area (Å²) in [4.78, 5) is 0. The molecule has 0 radical (unpaired) electrons. The minimum Gasteiger partial charge on any atom is -0.318 e. The molecule has 2 saturated heterocycles. The monoisotopic (exact) mass is 394 g/mol. The number of benzene rings is 2. The van der Waals surface area contributed by atoms with E-state index in [-0.39, 0.29) is 6.10 Å². The molecule has 3 atom stereocenters. The van der Waals surface area contributed by atoms with Crippen LogP contribution >= 0.6 is 31.7 Å². The highest BCUT2D eigenvalue weighted by molar-refractivity contribution is 7.52. The summed E-state index contributed by atoms with van der Waals surface area (Å²) in [5, 5.41) is 0.731. The molecule has 6 heteroatoms. The van der Waals surface area contributed by atoms with E-state index >= 15 is 0 Å². The molecular weight excluding hydrogens is 374 g/mol. The summed E-state index contributed by atoms with van der Waals surface area (Å²) in [7, 11) is -0.852. The summed E-state index contributed by atoms with van der Waals surface area (Å²) < 4.78 is 11.6. The van der Waals surface area contributed by atoms with Crippen LogP contribution in [0.25, 0.3) is 0 Å². The minimum absolute atomic E-state index is 0.129. The minimum atomic E-state index is -0.852. The van der Waals surface area contributed by atoms with Crippen LogP contribution in [0.3, 0.4) is 0 Å². The molecule has 2 aromatic rings. The van der Waals surface area contributed by atoms with Crippen molar-refractivity contribution >= 4 is 37.3 Å². The normalized spacial score (nSPS) is 24.5. The Morgan fingerprint density at radius 3 is 2.60 bits per heavy atom. The van der Waals surface area contributed by atoms with E-state index in [4.69, 9.17) is 27.7 Å². The Morgan fingerprint density at radius 1 is 1.12 bits per heavy atom. The summed E-state index contributed by atoms with van der Waals surface area (Å²) in [6.07, 6.45) is 2.37. The maximum absolute atomic E-state index is 6.61. The summed E-state index contributed by atoms with van der Waals surface area (Å²) in [6.45, 7) is 2.14. The average molecular weight is 395 g/mol. The summed E-state index contributed by atoms with van der Waals surface area (Å²) in [5.41, 5.74) is 2.31. The van der Waals surface area contributed by atoms with Crippen molar-refractivity contribution in [3.63, 3.8) is 0 Å². The van der Waals surface area contributed by atoms with Crippen LogP contribution in [-0.2, 0) is 4.52 Å². The molecule has 0 saturated carbocycles. The van der Waals surface area contributed by atoms with E-state index < -0.39 is 8.45 Å². The molecule has 4 rings (SSSR count). The van der Waals surface area contributed by atoms with E-state index in [9.17, 15) is 0 Å². The zero-order chi connectivity index (χ0) is 17.2. The van der Waals surface area contributed by atoms with Crippen LogP contribution in [0.2, 0.25) is 5.02 Å². The van der Waals surface area contributed by atoms with Crippen LogP contribution in [0, 0.1) is 0 Å². The van der Waals surface area contributed by atoms with Crippen LogP contribution in [0.1, 0.15) is 24.5 Å². The lowest BCUT2D eigenvalue weighted by Crippen LogP contribution is -2.20. The first kappa shape index (κ1) is 17.6. The fourth-order valence-corrected chi connectivity index (χ4v) is 6.36. The third kappa shape index (κ3) is 3.67. The Bertz CT molecular complexity index is 700. The Hall–Kier alpha value is -0.830. The highest BCUT2D eigenvalue weighted by atomic mass is 35.5. The van der Waals surface area contributed by atoms with Crippen molar-refractivity contribution in [3.8, 4) is 0 Å². The van der Waals surface area contributed by atoms with Crippen molar-refractivity contribution in [2.45, 2.75) is 25.0 Å². The van der Waals surface area contributed by atoms with Gasteiger partial charge in [0.1, 0.15) is 6.10 Å². The Kier molecular flexibility index (Phi) is 5.50. The van der Waals surface area contributed by atoms with Gasteiger partial charge in [-0.25, -0.2) is 4.67 Å². The first-order valence-electron chi connectivity index (χ1n) is 8.63. The number of nitrogens with zero attached hydrogens (tertiary/aromatic N) is 2. The highest BCUT2D eigenvalue weighted by Crippen LogP contribution is 2.58. The molecule has 0 amide bonds. The molecule has 0 spiro atoms. The lowest BCUT2D eigenvalue weighted by atomic mass is 10.1. The number of fused-ring (bicyclic) bond motifs is 1. The van der Waals surface area contributed by atoms with Gasteiger partial charge in [0.25, 0.3) is 0 Å². The molecule has 2 aliphatic rings. The third-order valence-corrected chi connectivity index (χ3v) is 7.56. The highest BCUT2D eigenvalue weighted by Gasteiger charge is 2.45. The van der Waals surface area contributed by atoms with Gasteiger partial charge in [0.15, 0.2) is 0 Å². The molecule has 0 bridgehead atoms. The number of halogens is 2. The second-order valence-electron chi connectivity index (χ2n) is 6.43. The summed E-state index contributed by atoms with van der Waals surface area (Å²) >= 11 is 12.3. The number of alkyl halides is 1. The number of para-hydroxylation sites is 1. The fraction of sp³-hybridized carbons (Fsp3) is 0.368. The average Bonchev–Trinajstić information content (AvgIpc) is 3.23. The molecule has 2 aromatic carbocycles. The van der Waals surface area contributed by atoms with Gasteiger partial charge >= 0.3 is 0 Å². The predicted molar refractivity (Wildman–Crippen MR) is 106 cm³/mol. The van der Waals surface area contributed by atoms with Gasteiger partial charge in [-0.2, -0.15) is 0 Å². The van der Waals surface area contributed by atoms with E-state index in [1.807, 2.05) is 24.3 Å². The van der Waals surface area contributed by atoms with E-state index in [1.54, 1.807) is 0 Å². The molecule has 2 heterocycles. The van der Waals surface area contributed by atoms with Gasteiger partial charge in [-0.3, -0.25) is 0 Å². The van der Waals surface area contributed by atoms with E-state index in [2.05, 4.69) is 39.7 Å². The van der Waals surface area contributed by atoms with Gasteiger partial charge in [0.2, 0.25) is 8.45 Å². The van der Waals surface area contributed by atoms with Gasteiger partial charge in [-0.1, -0.05) is 41.9 Å². The van der Waals surface area contributed by atoms with Crippen molar-refractivity contribution < 1.29 is 4.52 Å². The van der Waals surface area contributed by atoms with Crippen LogP contribution in [0.4, 0.5) is 5.69 Å². The van der Waals surface area contributed by atoms with Crippen LogP contribution in [0.5, 0.6) is 0 Å². The van der Waals surface area contributed by atoms with Crippen LogP contribution < -0.4 is 4.67 Å². The first-order valence-corrected chi connectivity index (χ1v) is 10.7. The molecule has 3 unspecified atom stereocenters.